The van der Waals surface area contributed by atoms with Crippen LogP contribution in [0.2, 0.25) is 0 Å². The molecule has 0 aromatic heterocycles. The summed E-state index contributed by atoms with van der Waals surface area (Å²) in [5.41, 5.74) is 2.23. The van der Waals surface area contributed by atoms with E-state index in [1.807, 2.05) is 6.08 Å². The van der Waals surface area contributed by atoms with Crippen molar-refractivity contribution in [3.63, 3.8) is 0 Å². The van der Waals surface area contributed by atoms with Crippen LogP contribution < -0.4 is 0 Å². The predicted octanol–water partition coefficient (Wildman–Crippen LogP) is 5.39. The van der Waals surface area contributed by atoms with Crippen LogP contribution in [-0.4, -0.2) is 24.6 Å². The first-order valence-electron chi connectivity index (χ1n) is 10.3. The smallest absolute Gasteiger partial charge is 0.303 e. The summed E-state index contributed by atoms with van der Waals surface area (Å²) in [6, 6.07) is 0. The molecule has 0 saturated heterocycles. The highest BCUT2D eigenvalue weighted by Gasteiger charge is 2.56. The molecule has 0 aliphatic heterocycles. The molecule has 0 radical (unpaired) electrons. The van der Waals surface area contributed by atoms with Gasteiger partial charge in [-0.1, -0.05) is 51.5 Å². The molecule has 0 spiro atoms. The fourth-order valence-corrected chi connectivity index (χ4v) is 5.62. The monoisotopic (exact) mass is 388 g/mol. The van der Waals surface area contributed by atoms with E-state index in [1.54, 1.807) is 0 Å². The molecule has 0 bridgehead atoms. The summed E-state index contributed by atoms with van der Waals surface area (Å²) in [5, 5.41) is 0. The highest BCUT2D eigenvalue weighted by molar-refractivity contribution is 5.67. The summed E-state index contributed by atoms with van der Waals surface area (Å²) in [7, 11) is 0. The van der Waals surface area contributed by atoms with Crippen LogP contribution in [0.3, 0.4) is 0 Å². The van der Waals surface area contributed by atoms with Gasteiger partial charge in [-0.15, -0.1) is 0 Å². The Labute approximate surface area is 170 Å². The van der Waals surface area contributed by atoms with E-state index >= 15 is 0 Å². The van der Waals surface area contributed by atoms with Gasteiger partial charge in [0.2, 0.25) is 0 Å². The molecular formula is C24H36O4. The minimum atomic E-state index is -0.294. The molecule has 0 heterocycles. The van der Waals surface area contributed by atoms with Crippen molar-refractivity contribution in [2.24, 2.45) is 22.7 Å². The van der Waals surface area contributed by atoms with Crippen LogP contribution in [-0.2, 0) is 19.1 Å². The third-order valence-electron chi connectivity index (χ3n) is 6.78. The number of rotatable bonds is 6. The van der Waals surface area contributed by atoms with E-state index < -0.39 is 0 Å². The van der Waals surface area contributed by atoms with Gasteiger partial charge in [0.05, 0.1) is 0 Å². The number of ether oxygens (including phenoxy) is 2. The van der Waals surface area contributed by atoms with Gasteiger partial charge in [0, 0.05) is 19.8 Å². The van der Waals surface area contributed by atoms with E-state index in [0.717, 1.165) is 36.8 Å². The second-order valence-electron chi connectivity index (χ2n) is 9.36. The van der Waals surface area contributed by atoms with Crippen molar-refractivity contribution in [1.82, 2.24) is 0 Å². The van der Waals surface area contributed by atoms with E-state index in [1.165, 1.54) is 13.8 Å². The van der Waals surface area contributed by atoms with Gasteiger partial charge in [0.15, 0.2) is 0 Å². The van der Waals surface area contributed by atoms with Gasteiger partial charge in [-0.2, -0.15) is 0 Å². The molecule has 2 aliphatic carbocycles. The summed E-state index contributed by atoms with van der Waals surface area (Å²) in [4.78, 5) is 23.3. The summed E-state index contributed by atoms with van der Waals surface area (Å²) in [6.07, 6.45) is 10.1. The molecule has 156 valence electrons. The number of carbonyl (C=O) groups excluding carboxylic acids is 2. The molecule has 4 heteroatoms. The topological polar surface area (TPSA) is 52.6 Å². The summed E-state index contributed by atoms with van der Waals surface area (Å²) < 4.78 is 11.2. The number of fused-ring (bicyclic) bond motifs is 1. The Morgan fingerprint density at radius 1 is 1.18 bits per heavy atom. The largest absolute Gasteiger partial charge is 0.461 e. The minimum Gasteiger partial charge on any atom is -0.461 e. The van der Waals surface area contributed by atoms with Crippen LogP contribution in [0.15, 0.2) is 36.0 Å². The molecular weight excluding hydrogens is 352 g/mol. The standard InChI is InChI=1S/C24H36O4/c1-8-16(2)10-11-20-19(15-27-17(3)25)14-21(28-18(4)26)22-23(5,6)12-9-13-24(20,22)7/h8,10,14,20-22H,1,9,11-13,15H2,2-7H3/b16-10+/t20-,21+,22-,24+/m1/s1. The van der Waals surface area contributed by atoms with Gasteiger partial charge in [-0.25, -0.2) is 0 Å². The van der Waals surface area contributed by atoms with Crippen LogP contribution in [0.4, 0.5) is 0 Å². The van der Waals surface area contributed by atoms with Gasteiger partial charge in [-0.3, -0.25) is 9.59 Å². The molecule has 4 nitrogen and oxygen atoms in total. The summed E-state index contributed by atoms with van der Waals surface area (Å²) in [5.74, 6) is -0.102. The Morgan fingerprint density at radius 3 is 2.43 bits per heavy atom. The van der Waals surface area contributed by atoms with Crippen LogP contribution >= 0.6 is 0 Å². The Balaban J connectivity index is 2.54. The molecule has 2 rings (SSSR count). The Bertz CT molecular complexity index is 685. The molecule has 1 fully saturated rings. The van der Waals surface area contributed by atoms with Crippen LogP contribution in [0.25, 0.3) is 0 Å². The lowest BCUT2D eigenvalue weighted by molar-refractivity contribution is -0.162. The maximum absolute atomic E-state index is 11.9. The predicted molar refractivity (Wildman–Crippen MR) is 112 cm³/mol. The fourth-order valence-electron chi connectivity index (χ4n) is 5.62. The number of carbonyl (C=O) groups is 2. The molecule has 1 saturated carbocycles. The first-order chi connectivity index (χ1) is 13.0. The van der Waals surface area contributed by atoms with Crippen LogP contribution in [0, 0.1) is 22.7 Å². The second kappa shape index (κ2) is 8.67. The van der Waals surface area contributed by atoms with Crippen molar-refractivity contribution >= 4 is 11.9 Å². The molecule has 0 amide bonds. The molecule has 2 aliphatic rings. The third-order valence-corrected chi connectivity index (χ3v) is 6.78. The first kappa shape index (κ1) is 22.4. The minimum absolute atomic E-state index is 0.0376. The average Bonchev–Trinajstić information content (AvgIpc) is 2.56. The highest BCUT2D eigenvalue weighted by atomic mass is 16.5. The van der Waals surface area contributed by atoms with E-state index in [4.69, 9.17) is 9.47 Å². The number of hydrogen-bond acceptors (Lipinski definition) is 4. The highest BCUT2D eigenvalue weighted by Crippen LogP contribution is 2.61. The molecule has 4 atom stereocenters. The molecule has 28 heavy (non-hydrogen) atoms. The lowest BCUT2D eigenvalue weighted by Gasteiger charge is -2.58. The summed E-state index contributed by atoms with van der Waals surface area (Å²) in [6.45, 7) is 16.0. The quantitative estimate of drug-likeness (QED) is 0.348. The Morgan fingerprint density at radius 2 is 1.86 bits per heavy atom. The molecule has 0 N–H and O–H groups in total. The van der Waals surface area contributed by atoms with Crippen LogP contribution in [0.1, 0.15) is 67.2 Å². The van der Waals surface area contributed by atoms with E-state index in [9.17, 15) is 9.59 Å². The molecule has 0 aromatic rings. The van der Waals surface area contributed by atoms with E-state index in [-0.39, 0.29) is 47.3 Å². The lowest BCUT2D eigenvalue weighted by Crippen LogP contribution is -2.55. The zero-order chi connectivity index (χ0) is 21.1. The SMILES string of the molecule is C=C/C(C)=C/C[C@@H]1C(COC(C)=O)=C[C@H](OC(C)=O)[C@@H]2C(C)(C)CCC[C@@]12C. The van der Waals surface area contributed by atoms with Crippen LogP contribution in [0.5, 0.6) is 0 Å². The normalized spacial score (nSPS) is 32.0. The molecule has 0 unspecified atom stereocenters. The Kier molecular flexibility index (Phi) is 6.95. The van der Waals surface area contributed by atoms with Gasteiger partial charge in [-0.05, 0) is 54.6 Å². The van der Waals surface area contributed by atoms with E-state index in [0.29, 0.717) is 0 Å². The average molecular weight is 389 g/mol. The van der Waals surface area contributed by atoms with Crippen molar-refractivity contribution in [2.45, 2.75) is 73.3 Å². The van der Waals surface area contributed by atoms with Crippen molar-refractivity contribution < 1.29 is 19.1 Å². The number of hydrogen-bond donors (Lipinski definition) is 0. The fraction of sp³-hybridized carbons (Fsp3) is 0.667. The first-order valence-corrected chi connectivity index (χ1v) is 10.3. The Hall–Kier alpha value is -1.84. The van der Waals surface area contributed by atoms with Gasteiger partial charge in [0.1, 0.15) is 12.7 Å². The van der Waals surface area contributed by atoms with Gasteiger partial charge >= 0.3 is 11.9 Å². The zero-order valence-corrected chi connectivity index (χ0v) is 18.3. The van der Waals surface area contributed by atoms with Crippen molar-refractivity contribution in [3.8, 4) is 0 Å². The summed E-state index contributed by atoms with van der Waals surface area (Å²) >= 11 is 0. The van der Waals surface area contributed by atoms with Crippen molar-refractivity contribution in [1.29, 1.82) is 0 Å². The number of esters is 2. The molecule has 0 aromatic carbocycles. The maximum Gasteiger partial charge on any atom is 0.303 e. The lowest BCUT2D eigenvalue weighted by atomic mass is 9.47. The number of allylic oxidation sites excluding steroid dienone is 3. The van der Waals surface area contributed by atoms with Crippen molar-refractivity contribution in [2.75, 3.05) is 6.61 Å². The second-order valence-corrected chi connectivity index (χ2v) is 9.36. The van der Waals surface area contributed by atoms with Gasteiger partial charge < -0.3 is 9.47 Å². The van der Waals surface area contributed by atoms with Crippen molar-refractivity contribution in [3.05, 3.63) is 36.0 Å². The maximum atomic E-state index is 11.9. The third kappa shape index (κ3) is 4.76. The van der Waals surface area contributed by atoms with E-state index in [2.05, 4.69) is 46.4 Å². The van der Waals surface area contributed by atoms with Gasteiger partial charge in [0.25, 0.3) is 0 Å². The zero-order valence-electron chi connectivity index (χ0n) is 18.3.